The highest BCUT2D eigenvalue weighted by molar-refractivity contribution is 7.45. The largest absolute Gasteiger partial charge is 0.756 e. The van der Waals surface area contributed by atoms with Crippen molar-refractivity contribution in [2.75, 3.05) is 26.4 Å². The summed E-state index contributed by atoms with van der Waals surface area (Å²) in [4.78, 5) is 22.3. The smallest absolute Gasteiger partial charge is 0.268 e. The average Bonchev–Trinajstić information content (AvgIpc) is 2.33. The minimum Gasteiger partial charge on any atom is -0.756 e. The number of hydrogen-bond donors (Lipinski definition) is 2. The van der Waals surface area contributed by atoms with Crippen LogP contribution in [0.2, 0.25) is 0 Å². The van der Waals surface area contributed by atoms with Gasteiger partial charge in [0.25, 0.3) is 7.82 Å². The summed E-state index contributed by atoms with van der Waals surface area (Å²) in [5.74, 6) is -0.0888. The first-order valence-corrected chi connectivity index (χ1v) is 8.20. The fraction of sp³-hybridized carbons (Fsp3) is 0.917. The number of phosphoric ester groups is 1. The maximum absolute atomic E-state index is 11.4. The third-order valence-electron chi connectivity index (χ3n) is 2.01. The Bertz CT molecular complexity index is 356. The number of aliphatic hydroxyl groups is 1. The molecule has 0 aliphatic carbocycles. The van der Waals surface area contributed by atoms with Gasteiger partial charge in [-0.05, 0) is 20.8 Å². The Morgan fingerprint density at radius 3 is 2.52 bits per heavy atom. The first kappa shape index (κ1) is 20.5. The van der Waals surface area contributed by atoms with Gasteiger partial charge in [0, 0.05) is 13.0 Å². The second kappa shape index (κ2) is 9.50. The summed E-state index contributed by atoms with van der Waals surface area (Å²) in [6, 6.07) is 0. The summed E-state index contributed by atoms with van der Waals surface area (Å²) in [5.41, 5.74) is -0.893. The molecule has 0 saturated heterocycles. The summed E-state index contributed by atoms with van der Waals surface area (Å²) in [7, 11) is -4.45. The van der Waals surface area contributed by atoms with Gasteiger partial charge in [0.05, 0.1) is 25.4 Å². The molecule has 0 aliphatic heterocycles. The highest BCUT2D eigenvalue weighted by Gasteiger charge is 2.21. The second-order valence-corrected chi connectivity index (χ2v) is 6.71. The van der Waals surface area contributed by atoms with Gasteiger partial charge >= 0.3 is 0 Å². The molecule has 0 rings (SSSR count). The zero-order valence-corrected chi connectivity index (χ0v) is 13.9. The maximum atomic E-state index is 11.4. The van der Waals surface area contributed by atoms with Gasteiger partial charge in [-0.25, -0.2) is 0 Å². The summed E-state index contributed by atoms with van der Waals surface area (Å²) < 4.78 is 25.8. The van der Waals surface area contributed by atoms with Crippen LogP contribution in [-0.4, -0.2) is 49.1 Å². The van der Waals surface area contributed by atoms with Crippen LogP contribution in [-0.2, 0) is 23.1 Å². The molecule has 0 spiro atoms. The third kappa shape index (κ3) is 12.9. The number of carbonyl (C=O) groups is 1. The first-order chi connectivity index (χ1) is 9.56. The quantitative estimate of drug-likeness (QED) is 0.435. The van der Waals surface area contributed by atoms with E-state index >= 15 is 0 Å². The van der Waals surface area contributed by atoms with Crippen molar-refractivity contribution in [2.45, 2.75) is 45.8 Å². The molecular weight excluding hydrogens is 301 g/mol. The van der Waals surface area contributed by atoms with Gasteiger partial charge in [-0.3, -0.25) is 9.36 Å². The number of ether oxygens (including phenoxy) is 1. The maximum Gasteiger partial charge on any atom is 0.268 e. The fourth-order valence-corrected chi connectivity index (χ4v) is 2.27. The van der Waals surface area contributed by atoms with Gasteiger partial charge in [-0.15, -0.1) is 0 Å². The molecule has 0 aliphatic rings. The van der Waals surface area contributed by atoms with Crippen molar-refractivity contribution in [3.63, 3.8) is 0 Å². The van der Waals surface area contributed by atoms with Crippen LogP contribution in [0.15, 0.2) is 0 Å². The number of amides is 1. The fourth-order valence-electron chi connectivity index (χ4n) is 1.19. The number of rotatable bonds is 10. The van der Waals surface area contributed by atoms with Crippen LogP contribution in [0.4, 0.5) is 0 Å². The molecule has 9 heteroatoms. The van der Waals surface area contributed by atoms with Crippen LogP contribution in [0.25, 0.3) is 0 Å². The summed E-state index contributed by atoms with van der Waals surface area (Å²) >= 11 is 0. The van der Waals surface area contributed by atoms with Gasteiger partial charge in [-0.1, -0.05) is 6.92 Å². The normalized spacial score (nSPS) is 16.3. The molecule has 0 saturated carbocycles. The van der Waals surface area contributed by atoms with Gasteiger partial charge in [0.1, 0.15) is 6.10 Å². The van der Waals surface area contributed by atoms with E-state index in [1.807, 2.05) is 0 Å². The lowest BCUT2D eigenvalue weighted by molar-refractivity contribution is -0.235. The Kier molecular flexibility index (Phi) is 9.28. The van der Waals surface area contributed by atoms with E-state index in [1.54, 1.807) is 27.7 Å². The van der Waals surface area contributed by atoms with Crippen molar-refractivity contribution in [3.05, 3.63) is 0 Å². The minimum absolute atomic E-state index is 0.0888. The lowest BCUT2D eigenvalue weighted by Crippen LogP contribution is -2.29. The summed E-state index contributed by atoms with van der Waals surface area (Å²) in [6.07, 6.45) is -0.707. The minimum atomic E-state index is -4.45. The SMILES string of the molecule is CCC(=O)NCCOCC(O)COP(=O)([O-])OC(C)(C)C. The van der Waals surface area contributed by atoms with E-state index in [-0.39, 0.29) is 19.1 Å². The van der Waals surface area contributed by atoms with Crippen LogP contribution in [0, 0.1) is 0 Å². The van der Waals surface area contributed by atoms with E-state index in [0.29, 0.717) is 13.0 Å². The van der Waals surface area contributed by atoms with E-state index in [0.717, 1.165) is 0 Å². The molecule has 1 amide bonds. The molecule has 0 fully saturated rings. The zero-order chi connectivity index (χ0) is 16.5. The van der Waals surface area contributed by atoms with Crippen molar-refractivity contribution in [1.82, 2.24) is 5.32 Å². The average molecular weight is 326 g/mol. The topological polar surface area (TPSA) is 117 Å². The van der Waals surface area contributed by atoms with Gasteiger partial charge < -0.3 is 29.1 Å². The van der Waals surface area contributed by atoms with Crippen LogP contribution >= 0.6 is 7.82 Å². The van der Waals surface area contributed by atoms with E-state index in [4.69, 9.17) is 9.26 Å². The van der Waals surface area contributed by atoms with Crippen molar-refractivity contribution < 1.29 is 33.1 Å². The van der Waals surface area contributed by atoms with Crippen LogP contribution < -0.4 is 10.2 Å². The molecule has 21 heavy (non-hydrogen) atoms. The van der Waals surface area contributed by atoms with Crippen LogP contribution in [0.5, 0.6) is 0 Å². The third-order valence-corrected chi connectivity index (χ3v) is 3.25. The van der Waals surface area contributed by atoms with E-state index in [2.05, 4.69) is 9.84 Å². The number of hydrogen-bond acceptors (Lipinski definition) is 7. The lowest BCUT2D eigenvalue weighted by atomic mass is 10.2. The summed E-state index contributed by atoms with van der Waals surface area (Å²) in [6.45, 7) is 6.46. The second-order valence-electron chi connectivity index (χ2n) is 5.38. The molecule has 2 atom stereocenters. The standard InChI is InChI=1S/C12H26NO7P/c1-5-11(15)13-6-7-18-8-10(14)9-19-21(16,17)20-12(2,3)4/h10,14H,5-9H2,1-4H3,(H,13,15)(H,16,17)/p-1. The Morgan fingerprint density at radius 2 is 2.00 bits per heavy atom. The molecule has 0 aromatic heterocycles. The Labute approximate surface area is 125 Å². The van der Waals surface area contributed by atoms with Crippen molar-refractivity contribution in [3.8, 4) is 0 Å². The van der Waals surface area contributed by atoms with E-state index < -0.39 is 26.1 Å². The molecule has 2 N–H and O–H groups in total. The highest BCUT2D eigenvalue weighted by Crippen LogP contribution is 2.42. The van der Waals surface area contributed by atoms with Crippen molar-refractivity contribution >= 4 is 13.7 Å². The molecule has 0 aromatic carbocycles. The zero-order valence-electron chi connectivity index (χ0n) is 13.0. The van der Waals surface area contributed by atoms with Crippen LogP contribution in [0.1, 0.15) is 34.1 Å². The molecular formula is C12H25NO7P-. The van der Waals surface area contributed by atoms with Crippen molar-refractivity contribution in [2.24, 2.45) is 0 Å². The molecule has 0 bridgehead atoms. The monoisotopic (exact) mass is 326 g/mol. The number of aliphatic hydroxyl groups excluding tert-OH is 1. The Balaban J connectivity index is 3.78. The molecule has 0 heterocycles. The molecule has 2 unspecified atom stereocenters. The van der Waals surface area contributed by atoms with Gasteiger partial charge in [-0.2, -0.15) is 0 Å². The highest BCUT2D eigenvalue weighted by atomic mass is 31.2. The molecule has 0 aromatic rings. The van der Waals surface area contributed by atoms with Crippen LogP contribution in [0.3, 0.4) is 0 Å². The molecule has 126 valence electrons. The number of phosphoric acid groups is 1. The number of nitrogens with one attached hydrogen (secondary N) is 1. The lowest BCUT2D eigenvalue weighted by Gasteiger charge is -2.31. The van der Waals surface area contributed by atoms with Gasteiger partial charge in [0.15, 0.2) is 0 Å². The Hall–Kier alpha value is -0.500. The van der Waals surface area contributed by atoms with E-state index in [9.17, 15) is 19.4 Å². The first-order valence-electron chi connectivity index (χ1n) is 6.74. The van der Waals surface area contributed by atoms with Gasteiger partial charge in [0.2, 0.25) is 5.91 Å². The molecule has 0 radical (unpaired) electrons. The van der Waals surface area contributed by atoms with Crippen molar-refractivity contribution in [1.29, 1.82) is 0 Å². The Morgan fingerprint density at radius 1 is 1.38 bits per heavy atom. The predicted molar refractivity (Wildman–Crippen MR) is 74.5 cm³/mol. The summed E-state index contributed by atoms with van der Waals surface area (Å²) in [5, 5.41) is 12.1. The molecule has 8 nitrogen and oxygen atoms in total. The predicted octanol–water partition coefficient (Wildman–Crippen LogP) is 0.190. The number of carbonyl (C=O) groups excluding carboxylic acids is 1. The van der Waals surface area contributed by atoms with E-state index in [1.165, 1.54) is 0 Å².